The average Bonchev–Trinajstić information content (AvgIpc) is 2.70. The Kier molecular flexibility index (Phi) is 6.50. The minimum absolute atomic E-state index is 0.145. The molecule has 1 amide bonds. The highest BCUT2D eigenvalue weighted by atomic mass is 32.2. The number of hydrogen-bond acceptors (Lipinski definition) is 3. The van der Waals surface area contributed by atoms with Crippen molar-refractivity contribution in [1.82, 2.24) is 5.32 Å². The summed E-state index contributed by atoms with van der Waals surface area (Å²) in [5.74, 6) is 1.41. The van der Waals surface area contributed by atoms with Crippen LogP contribution in [0.1, 0.15) is 52.9 Å². The Labute approximate surface area is 116 Å². The van der Waals surface area contributed by atoms with Gasteiger partial charge in [0.2, 0.25) is 5.91 Å². The van der Waals surface area contributed by atoms with Gasteiger partial charge in [-0.3, -0.25) is 4.79 Å². The van der Waals surface area contributed by atoms with E-state index in [9.17, 15) is 4.79 Å². The summed E-state index contributed by atoms with van der Waals surface area (Å²) in [4.78, 5) is 11.9. The van der Waals surface area contributed by atoms with E-state index in [0.717, 1.165) is 44.4 Å². The summed E-state index contributed by atoms with van der Waals surface area (Å²) in [5, 5.41) is 4.11. The molecule has 1 aliphatic carbocycles. The molecular formula is C14H28N2OS. The molecule has 2 unspecified atom stereocenters. The van der Waals surface area contributed by atoms with Crippen molar-refractivity contribution in [3.05, 3.63) is 0 Å². The van der Waals surface area contributed by atoms with Gasteiger partial charge in [0.25, 0.3) is 0 Å². The van der Waals surface area contributed by atoms with E-state index in [1.165, 1.54) is 0 Å². The first-order valence-corrected chi connectivity index (χ1v) is 8.24. The van der Waals surface area contributed by atoms with Gasteiger partial charge in [-0.25, -0.2) is 0 Å². The molecular weight excluding hydrogens is 244 g/mol. The Morgan fingerprint density at radius 3 is 2.83 bits per heavy atom. The van der Waals surface area contributed by atoms with Gasteiger partial charge in [0.15, 0.2) is 0 Å². The topological polar surface area (TPSA) is 55.1 Å². The minimum Gasteiger partial charge on any atom is -0.368 e. The third-order valence-corrected chi connectivity index (χ3v) is 5.01. The molecule has 0 aromatic rings. The summed E-state index contributed by atoms with van der Waals surface area (Å²) in [7, 11) is 0. The molecule has 0 bridgehead atoms. The van der Waals surface area contributed by atoms with Crippen molar-refractivity contribution in [2.75, 3.05) is 12.3 Å². The van der Waals surface area contributed by atoms with Gasteiger partial charge >= 0.3 is 0 Å². The summed E-state index contributed by atoms with van der Waals surface area (Å²) >= 11 is 1.97. The van der Waals surface area contributed by atoms with Gasteiger partial charge < -0.3 is 11.1 Å². The SMILES string of the molecule is CCCNC1(C(N)=O)CCCC1CCSC(C)C. The van der Waals surface area contributed by atoms with Crippen molar-refractivity contribution in [2.24, 2.45) is 11.7 Å². The molecule has 106 valence electrons. The number of amides is 1. The second kappa shape index (κ2) is 7.39. The summed E-state index contributed by atoms with van der Waals surface area (Å²) < 4.78 is 0. The number of carbonyl (C=O) groups excluding carboxylic acids is 1. The molecule has 0 radical (unpaired) electrons. The lowest BCUT2D eigenvalue weighted by molar-refractivity contribution is -0.126. The molecule has 18 heavy (non-hydrogen) atoms. The zero-order valence-electron chi connectivity index (χ0n) is 12.0. The smallest absolute Gasteiger partial charge is 0.238 e. The van der Waals surface area contributed by atoms with Crippen LogP contribution < -0.4 is 11.1 Å². The first-order valence-electron chi connectivity index (χ1n) is 7.19. The van der Waals surface area contributed by atoms with E-state index in [1.807, 2.05) is 11.8 Å². The summed E-state index contributed by atoms with van der Waals surface area (Å²) in [6.45, 7) is 7.45. The second-order valence-corrected chi connectivity index (χ2v) is 7.24. The molecule has 1 rings (SSSR count). The molecule has 1 saturated carbocycles. The van der Waals surface area contributed by atoms with Crippen LogP contribution in [-0.2, 0) is 4.79 Å². The second-order valence-electron chi connectivity index (χ2n) is 5.56. The number of hydrogen-bond donors (Lipinski definition) is 2. The van der Waals surface area contributed by atoms with Crippen LogP contribution in [0.25, 0.3) is 0 Å². The van der Waals surface area contributed by atoms with Crippen molar-refractivity contribution >= 4 is 17.7 Å². The Morgan fingerprint density at radius 2 is 2.28 bits per heavy atom. The van der Waals surface area contributed by atoms with Gasteiger partial charge in [0, 0.05) is 0 Å². The lowest BCUT2D eigenvalue weighted by Crippen LogP contribution is -2.58. The lowest BCUT2D eigenvalue weighted by Gasteiger charge is -2.34. The first-order chi connectivity index (χ1) is 8.53. The Morgan fingerprint density at radius 1 is 1.56 bits per heavy atom. The fraction of sp³-hybridized carbons (Fsp3) is 0.929. The Hall–Kier alpha value is -0.220. The van der Waals surface area contributed by atoms with E-state index in [0.29, 0.717) is 11.2 Å². The molecule has 0 heterocycles. The fourth-order valence-electron chi connectivity index (χ4n) is 2.91. The molecule has 0 spiro atoms. The van der Waals surface area contributed by atoms with Gasteiger partial charge in [-0.05, 0) is 49.1 Å². The average molecular weight is 272 g/mol. The lowest BCUT2D eigenvalue weighted by atomic mass is 9.84. The van der Waals surface area contributed by atoms with Gasteiger partial charge in [-0.2, -0.15) is 11.8 Å². The fourth-order valence-corrected chi connectivity index (χ4v) is 3.80. The molecule has 3 N–H and O–H groups in total. The predicted octanol–water partition coefficient (Wildman–Crippen LogP) is 2.54. The number of nitrogens with two attached hydrogens (primary N) is 1. The molecule has 3 nitrogen and oxygen atoms in total. The third-order valence-electron chi connectivity index (χ3n) is 3.87. The van der Waals surface area contributed by atoms with Crippen LogP contribution >= 0.6 is 11.8 Å². The minimum atomic E-state index is -0.423. The Bertz CT molecular complexity index is 271. The van der Waals surface area contributed by atoms with Gasteiger partial charge in [-0.1, -0.05) is 27.2 Å². The maximum atomic E-state index is 11.9. The highest BCUT2D eigenvalue weighted by molar-refractivity contribution is 7.99. The zero-order chi connectivity index (χ0) is 13.6. The third kappa shape index (κ3) is 3.89. The van der Waals surface area contributed by atoms with Crippen LogP contribution in [0.3, 0.4) is 0 Å². The summed E-state index contributed by atoms with van der Waals surface area (Å²) in [5.41, 5.74) is 5.26. The van der Waals surface area contributed by atoms with E-state index in [-0.39, 0.29) is 5.91 Å². The van der Waals surface area contributed by atoms with Crippen molar-refractivity contribution in [3.8, 4) is 0 Å². The molecule has 0 aliphatic heterocycles. The maximum Gasteiger partial charge on any atom is 0.238 e. The van der Waals surface area contributed by atoms with Crippen molar-refractivity contribution < 1.29 is 4.79 Å². The quantitative estimate of drug-likeness (QED) is 0.714. The molecule has 0 aromatic carbocycles. The number of thioether (sulfide) groups is 1. The predicted molar refractivity (Wildman–Crippen MR) is 79.8 cm³/mol. The standard InChI is InChI=1S/C14H28N2OS/c1-4-9-16-14(13(15)17)8-5-6-12(14)7-10-18-11(2)3/h11-12,16H,4-10H2,1-3H3,(H2,15,17). The number of rotatable bonds is 8. The van der Waals surface area contributed by atoms with E-state index in [4.69, 9.17) is 5.73 Å². The van der Waals surface area contributed by atoms with Crippen molar-refractivity contribution in [1.29, 1.82) is 0 Å². The number of carbonyl (C=O) groups is 1. The van der Waals surface area contributed by atoms with Crippen LogP contribution in [0, 0.1) is 5.92 Å². The number of nitrogens with one attached hydrogen (secondary N) is 1. The summed E-state index contributed by atoms with van der Waals surface area (Å²) in [6.07, 6.45) is 5.32. The van der Waals surface area contributed by atoms with E-state index in [1.54, 1.807) is 0 Å². The van der Waals surface area contributed by atoms with Crippen LogP contribution in [0.4, 0.5) is 0 Å². The highest BCUT2D eigenvalue weighted by Gasteiger charge is 2.46. The van der Waals surface area contributed by atoms with Crippen LogP contribution in [0.15, 0.2) is 0 Å². The maximum absolute atomic E-state index is 11.9. The molecule has 2 atom stereocenters. The molecule has 1 aliphatic rings. The highest BCUT2D eigenvalue weighted by Crippen LogP contribution is 2.38. The monoisotopic (exact) mass is 272 g/mol. The largest absolute Gasteiger partial charge is 0.368 e. The molecule has 4 heteroatoms. The first kappa shape index (κ1) is 15.8. The van der Waals surface area contributed by atoms with Gasteiger partial charge in [0.1, 0.15) is 5.54 Å². The van der Waals surface area contributed by atoms with Crippen LogP contribution in [-0.4, -0.2) is 29.0 Å². The van der Waals surface area contributed by atoms with E-state index in [2.05, 4.69) is 26.1 Å². The van der Waals surface area contributed by atoms with Crippen LogP contribution in [0.2, 0.25) is 0 Å². The normalized spacial score (nSPS) is 27.9. The molecule has 1 fully saturated rings. The Balaban J connectivity index is 2.59. The number of primary amides is 1. The van der Waals surface area contributed by atoms with Crippen molar-refractivity contribution in [2.45, 2.75) is 63.7 Å². The zero-order valence-corrected chi connectivity index (χ0v) is 12.8. The van der Waals surface area contributed by atoms with Gasteiger partial charge in [-0.15, -0.1) is 0 Å². The van der Waals surface area contributed by atoms with Crippen LogP contribution in [0.5, 0.6) is 0 Å². The molecule has 0 saturated heterocycles. The summed E-state index contributed by atoms with van der Waals surface area (Å²) in [6, 6.07) is 0. The molecule has 0 aromatic heterocycles. The van der Waals surface area contributed by atoms with E-state index >= 15 is 0 Å². The van der Waals surface area contributed by atoms with Crippen molar-refractivity contribution in [3.63, 3.8) is 0 Å². The van der Waals surface area contributed by atoms with Gasteiger partial charge in [0.05, 0.1) is 0 Å². The van der Waals surface area contributed by atoms with E-state index < -0.39 is 5.54 Å².